The third-order valence-electron chi connectivity index (χ3n) is 5.86. The molecule has 5 rings (SSSR count). The predicted molar refractivity (Wildman–Crippen MR) is 100 cm³/mol. The van der Waals surface area contributed by atoms with E-state index in [1.807, 2.05) is 13.8 Å². The Hall–Kier alpha value is -2.78. The standard InChI is InChI=1S/C20H24F2N5O3/c1-12-24-27-16(30-12)8-26(19(27,2)3)18(28)14-6-7-15(25-10-20(21,22)11-25)17(23-14)29-9-13-4-5-13/h6-7,13H,4-5,8-11H2,1-3H3/q+1. The van der Waals surface area contributed by atoms with Crippen LogP contribution in [0.25, 0.3) is 0 Å². The first kappa shape index (κ1) is 19.2. The number of halogens is 2. The average molecular weight is 420 g/mol. The highest BCUT2D eigenvalue weighted by molar-refractivity contribution is 5.93. The van der Waals surface area contributed by atoms with Crippen molar-refractivity contribution in [2.45, 2.75) is 51.7 Å². The van der Waals surface area contributed by atoms with Crippen LogP contribution in [0.15, 0.2) is 16.5 Å². The third-order valence-corrected chi connectivity index (χ3v) is 5.86. The summed E-state index contributed by atoms with van der Waals surface area (Å²) < 4.78 is 39.9. The lowest BCUT2D eigenvalue weighted by molar-refractivity contribution is -0.815. The Bertz CT molecular complexity index is 1010. The van der Waals surface area contributed by atoms with E-state index in [1.54, 1.807) is 28.6 Å². The third kappa shape index (κ3) is 3.18. The summed E-state index contributed by atoms with van der Waals surface area (Å²) in [7, 11) is 0. The maximum atomic E-state index is 13.4. The van der Waals surface area contributed by atoms with Crippen LogP contribution in [0, 0.1) is 12.8 Å². The molecule has 10 heteroatoms. The topological polar surface area (TPSA) is 75.6 Å². The van der Waals surface area contributed by atoms with E-state index in [0.717, 1.165) is 12.8 Å². The van der Waals surface area contributed by atoms with E-state index in [2.05, 4.69) is 10.1 Å². The van der Waals surface area contributed by atoms with Gasteiger partial charge in [0.05, 0.1) is 19.7 Å². The van der Waals surface area contributed by atoms with Gasteiger partial charge >= 0.3 is 5.89 Å². The molecule has 1 amide bonds. The molecule has 1 saturated carbocycles. The molecular weight excluding hydrogens is 396 g/mol. The summed E-state index contributed by atoms with van der Waals surface area (Å²) in [5.74, 6) is -1.17. The lowest BCUT2D eigenvalue weighted by Gasteiger charge is -2.40. The van der Waals surface area contributed by atoms with Crippen LogP contribution in [0.3, 0.4) is 0 Å². The van der Waals surface area contributed by atoms with Crippen LogP contribution in [0.4, 0.5) is 14.5 Å². The maximum Gasteiger partial charge on any atom is 0.396 e. The van der Waals surface area contributed by atoms with Crippen molar-refractivity contribution in [1.82, 2.24) is 15.0 Å². The Morgan fingerprint density at radius 1 is 1.33 bits per heavy atom. The lowest BCUT2D eigenvalue weighted by Crippen LogP contribution is -2.59. The summed E-state index contributed by atoms with van der Waals surface area (Å²) in [4.78, 5) is 20.9. The molecule has 2 aromatic heterocycles. The zero-order valence-electron chi connectivity index (χ0n) is 17.2. The number of carbonyl (C=O) groups excluding carboxylic acids is 1. The molecule has 4 heterocycles. The van der Waals surface area contributed by atoms with Gasteiger partial charge in [0.15, 0.2) is 6.54 Å². The summed E-state index contributed by atoms with van der Waals surface area (Å²) in [5.41, 5.74) is -0.0243. The number of hydrogen-bond acceptors (Lipinski definition) is 6. The molecule has 0 aromatic carbocycles. The molecule has 0 spiro atoms. The number of aryl methyl sites for hydroxylation is 1. The first-order valence-corrected chi connectivity index (χ1v) is 10.1. The van der Waals surface area contributed by atoms with Gasteiger partial charge in [-0.3, -0.25) is 9.69 Å². The van der Waals surface area contributed by atoms with Gasteiger partial charge in [0.1, 0.15) is 11.4 Å². The van der Waals surface area contributed by atoms with Crippen LogP contribution in [0.2, 0.25) is 0 Å². The second kappa shape index (κ2) is 6.36. The van der Waals surface area contributed by atoms with E-state index >= 15 is 0 Å². The Morgan fingerprint density at radius 3 is 2.70 bits per heavy atom. The van der Waals surface area contributed by atoms with Crippen LogP contribution in [0.5, 0.6) is 5.88 Å². The highest BCUT2D eigenvalue weighted by atomic mass is 19.3. The number of carbonyl (C=O) groups is 1. The van der Waals surface area contributed by atoms with Gasteiger partial charge in [-0.1, -0.05) is 0 Å². The number of aromatic nitrogens is 3. The molecule has 0 unspecified atom stereocenters. The summed E-state index contributed by atoms with van der Waals surface area (Å²) >= 11 is 0. The monoisotopic (exact) mass is 420 g/mol. The van der Waals surface area contributed by atoms with Gasteiger partial charge in [-0.05, 0) is 35.6 Å². The fourth-order valence-electron chi connectivity index (χ4n) is 3.92. The van der Waals surface area contributed by atoms with E-state index in [4.69, 9.17) is 9.15 Å². The number of hydrogen-bond donors (Lipinski definition) is 0. The van der Waals surface area contributed by atoms with Gasteiger partial charge in [-0.25, -0.2) is 13.8 Å². The lowest BCUT2D eigenvalue weighted by atomic mass is 10.1. The van der Waals surface area contributed by atoms with Crippen LogP contribution in [-0.4, -0.2) is 46.5 Å². The molecule has 0 bridgehead atoms. The molecule has 2 aliphatic heterocycles. The summed E-state index contributed by atoms with van der Waals surface area (Å²) in [6.45, 7) is 5.52. The summed E-state index contributed by atoms with van der Waals surface area (Å²) in [6, 6.07) is 3.21. The van der Waals surface area contributed by atoms with E-state index in [-0.39, 0.29) is 37.1 Å². The van der Waals surface area contributed by atoms with Gasteiger partial charge in [-0.2, -0.15) is 0 Å². The van der Waals surface area contributed by atoms with Crippen molar-refractivity contribution in [2.24, 2.45) is 5.92 Å². The van der Waals surface area contributed by atoms with Gasteiger partial charge < -0.3 is 14.1 Å². The molecular formula is C20H24F2N5O3+. The fourth-order valence-corrected chi connectivity index (χ4v) is 3.92. The summed E-state index contributed by atoms with van der Waals surface area (Å²) in [5, 5.41) is 4.35. The molecule has 3 aliphatic rings. The van der Waals surface area contributed by atoms with E-state index in [9.17, 15) is 13.6 Å². The number of fused-ring (bicyclic) bond motifs is 1. The Labute approximate surface area is 172 Å². The molecule has 2 fully saturated rings. The van der Waals surface area contributed by atoms with Crippen LogP contribution < -0.4 is 14.3 Å². The molecule has 8 nitrogen and oxygen atoms in total. The number of rotatable bonds is 5. The van der Waals surface area contributed by atoms with Crippen molar-refractivity contribution in [3.05, 3.63) is 29.6 Å². The molecule has 0 radical (unpaired) electrons. The number of alkyl halides is 2. The Morgan fingerprint density at radius 2 is 2.07 bits per heavy atom. The number of nitrogens with zero attached hydrogens (tertiary/aromatic N) is 5. The number of amides is 1. The van der Waals surface area contributed by atoms with Crippen molar-refractivity contribution in [1.29, 1.82) is 0 Å². The van der Waals surface area contributed by atoms with Gasteiger partial charge in [0.25, 0.3) is 23.4 Å². The van der Waals surface area contributed by atoms with Crippen LogP contribution >= 0.6 is 0 Å². The summed E-state index contributed by atoms with van der Waals surface area (Å²) in [6.07, 6.45) is 2.18. The SMILES string of the molecule is Cc1n[n+]2c(o1)CN(C(=O)c1ccc(N3CC(F)(F)C3)c(OCC3CC3)n1)C2(C)C. The van der Waals surface area contributed by atoms with Gasteiger partial charge in [0, 0.05) is 25.9 Å². The zero-order valence-corrected chi connectivity index (χ0v) is 17.2. The van der Waals surface area contributed by atoms with Crippen molar-refractivity contribution >= 4 is 11.6 Å². The minimum atomic E-state index is -2.70. The molecule has 1 saturated heterocycles. The second-order valence-corrected chi connectivity index (χ2v) is 8.80. The highest BCUT2D eigenvalue weighted by Crippen LogP contribution is 2.38. The number of anilines is 1. The first-order valence-electron chi connectivity index (χ1n) is 10.1. The van der Waals surface area contributed by atoms with Crippen LogP contribution in [-0.2, 0) is 12.2 Å². The molecule has 30 heavy (non-hydrogen) atoms. The van der Waals surface area contributed by atoms with Gasteiger partial charge in [0.2, 0.25) is 5.88 Å². The molecule has 160 valence electrons. The fraction of sp³-hybridized carbons (Fsp3) is 0.600. The molecule has 2 aromatic rings. The van der Waals surface area contributed by atoms with Crippen molar-refractivity contribution in [2.75, 3.05) is 24.6 Å². The predicted octanol–water partition coefficient (Wildman–Crippen LogP) is 2.26. The van der Waals surface area contributed by atoms with Crippen molar-refractivity contribution in [3.63, 3.8) is 0 Å². The second-order valence-electron chi connectivity index (χ2n) is 8.80. The van der Waals surface area contributed by atoms with Crippen molar-refractivity contribution < 1.29 is 27.4 Å². The Kier molecular flexibility index (Phi) is 4.07. The number of ether oxygens (including phenoxy) is 1. The minimum absolute atomic E-state index is 0.201. The van der Waals surface area contributed by atoms with E-state index < -0.39 is 11.6 Å². The van der Waals surface area contributed by atoms with E-state index in [0.29, 0.717) is 30.0 Å². The minimum Gasteiger partial charge on any atom is -0.476 e. The normalized spacial score (nSPS) is 21.4. The molecule has 0 atom stereocenters. The molecule has 1 aliphatic carbocycles. The number of pyridine rings is 1. The van der Waals surface area contributed by atoms with Crippen LogP contribution in [0.1, 0.15) is 49.0 Å². The maximum absolute atomic E-state index is 13.4. The van der Waals surface area contributed by atoms with Crippen molar-refractivity contribution in [3.8, 4) is 5.88 Å². The molecule has 0 N–H and O–H groups in total. The van der Waals surface area contributed by atoms with Gasteiger partial charge in [-0.15, -0.1) is 0 Å². The smallest absolute Gasteiger partial charge is 0.396 e. The average Bonchev–Trinajstić information content (AvgIpc) is 3.36. The zero-order chi connectivity index (χ0) is 21.3. The first-order chi connectivity index (χ1) is 14.1. The quantitative estimate of drug-likeness (QED) is 0.691. The largest absolute Gasteiger partial charge is 0.476 e. The Balaban J connectivity index is 1.41. The highest BCUT2D eigenvalue weighted by Gasteiger charge is 2.53. The van der Waals surface area contributed by atoms with E-state index in [1.165, 1.54) is 4.90 Å².